The molecule has 6 nitrogen and oxygen atoms in total. The molecule has 2 heterocycles. The number of nitrogens with two attached hydrogens (primary N) is 1. The van der Waals surface area contributed by atoms with E-state index in [0.29, 0.717) is 37.8 Å². The van der Waals surface area contributed by atoms with Gasteiger partial charge in [0.05, 0.1) is 0 Å². The van der Waals surface area contributed by atoms with Crippen LogP contribution in [-0.4, -0.2) is 34.8 Å². The fourth-order valence-corrected chi connectivity index (χ4v) is 2.77. The van der Waals surface area contributed by atoms with Crippen molar-refractivity contribution in [3.8, 4) is 0 Å². The summed E-state index contributed by atoms with van der Waals surface area (Å²) in [6.07, 6.45) is 2.21. The molecule has 6 heteroatoms. The van der Waals surface area contributed by atoms with E-state index in [1.807, 2.05) is 53.4 Å². The Balaban J connectivity index is 1.51. The minimum Gasteiger partial charge on any atom is -0.370 e. The maximum atomic E-state index is 12.1. The number of carbonyl (C=O) groups excluding carboxylic acids is 1. The van der Waals surface area contributed by atoms with Crippen LogP contribution in [0.5, 0.6) is 0 Å². The first-order valence-electron chi connectivity index (χ1n) is 8.00. The Morgan fingerprint density at radius 3 is 2.79 bits per heavy atom. The first kappa shape index (κ1) is 16.0. The molecule has 0 radical (unpaired) electrons. The number of hydrogen-bond donors (Lipinski definition) is 2. The van der Waals surface area contributed by atoms with Gasteiger partial charge in [-0.15, -0.1) is 0 Å². The second-order valence-corrected chi connectivity index (χ2v) is 5.90. The van der Waals surface area contributed by atoms with E-state index in [0.717, 1.165) is 5.56 Å². The van der Waals surface area contributed by atoms with Crippen molar-refractivity contribution in [3.05, 3.63) is 60.3 Å². The molecule has 2 aromatic rings. The Kier molecular flexibility index (Phi) is 5.05. The fourth-order valence-electron chi connectivity index (χ4n) is 2.77. The summed E-state index contributed by atoms with van der Waals surface area (Å²) in [4.78, 5) is 22.5. The van der Waals surface area contributed by atoms with Gasteiger partial charge >= 0.3 is 0 Å². The number of amides is 1. The zero-order valence-electron chi connectivity index (χ0n) is 13.4. The molecule has 3 N–H and O–H groups in total. The molecule has 0 saturated carbocycles. The Labute approximate surface area is 141 Å². The monoisotopic (exact) mass is 323 g/mol. The average Bonchev–Trinajstić information content (AvgIpc) is 2.95. The minimum atomic E-state index is 0.176. The normalized spacial score (nSPS) is 18.0. The van der Waals surface area contributed by atoms with Crippen LogP contribution in [-0.2, 0) is 11.3 Å². The number of likely N-dealkylation sites (tertiary alicyclic amines) is 1. The lowest BCUT2D eigenvalue weighted by Crippen LogP contribution is -2.26. The molecule has 1 fully saturated rings. The van der Waals surface area contributed by atoms with Gasteiger partial charge in [0.1, 0.15) is 5.82 Å². The maximum Gasteiger partial charge on any atom is 0.223 e. The first-order chi connectivity index (χ1) is 11.7. The van der Waals surface area contributed by atoms with Crippen molar-refractivity contribution in [1.82, 2.24) is 9.88 Å². The molecule has 1 saturated heterocycles. The van der Waals surface area contributed by atoms with Gasteiger partial charge in [0.25, 0.3) is 0 Å². The molecule has 0 spiro atoms. The molecule has 124 valence electrons. The molecule has 1 aliphatic heterocycles. The third-order valence-electron chi connectivity index (χ3n) is 3.95. The summed E-state index contributed by atoms with van der Waals surface area (Å²) in [5.41, 5.74) is 7.02. The molecule has 1 amide bonds. The second-order valence-electron chi connectivity index (χ2n) is 5.90. The molecule has 1 aromatic heterocycles. The SMILES string of the molecule is NC(=NCC1CC(=O)N(Cc2ccccc2)C1)Nc1ccccn1. The number of aliphatic imine (C=N–C) groups is 1. The summed E-state index contributed by atoms with van der Waals surface area (Å²) in [6, 6.07) is 15.6. The molecule has 1 unspecified atom stereocenters. The van der Waals surface area contributed by atoms with Crippen LogP contribution in [0.3, 0.4) is 0 Å². The van der Waals surface area contributed by atoms with Crippen molar-refractivity contribution >= 4 is 17.7 Å². The Morgan fingerprint density at radius 1 is 1.25 bits per heavy atom. The molecule has 0 bridgehead atoms. The summed E-state index contributed by atoms with van der Waals surface area (Å²) in [6.45, 7) is 1.90. The zero-order valence-corrected chi connectivity index (χ0v) is 13.4. The van der Waals surface area contributed by atoms with Crippen LogP contribution < -0.4 is 11.1 Å². The standard InChI is InChI=1S/C18H21N5O/c19-18(22-16-8-4-5-9-20-16)21-11-15-10-17(24)23(13-15)12-14-6-2-1-3-7-14/h1-9,15H,10-13H2,(H3,19,20,21,22). The molecule has 1 aliphatic rings. The smallest absolute Gasteiger partial charge is 0.223 e. The molecule has 1 aromatic carbocycles. The van der Waals surface area contributed by atoms with Crippen LogP contribution in [0.1, 0.15) is 12.0 Å². The van der Waals surface area contributed by atoms with Crippen molar-refractivity contribution in [3.63, 3.8) is 0 Å². The summed E-state index contributed by atoms with van der Waals surface area (Å²) >= 11 is 0. The largest absolute Gasteiger partial charge is 0.370 e. The predicted molar refractivity (Wildman–Crippen MR) is 94.3 cm³/mol. The number of pyridine rings is 1. The van der Waals surface area contributed by atoms with Crippen LogP contribution in [0.25, 0.3) is 0 Å². The van der Waals surface area contributed by atoms with Crippen molar-refractivity contribution < 1.29 is 4.79 Å². The topological polar surface area (TPSA) is 83.6 Å². The first-order valence-corrected chi connectivity index (χ1v) is 8.00. The summed E-state index contributed by atoms with van der Waals surface area (Å²) in [5, 5.41) is 2.95. The summed E-state index contributed by atoms with van der Waals surface area (Å²) < 4.78 is 0. The quantitative estimate of drug-likeness (QED) is 0.650. The van der Waals surface area contributed by atoms with Crippen LogP contribution in [0.4, 0.5) is 5.82 Å². The van der Waals surface area contributed by atoms with Gasteiger partial charge in [-0.3, -0.25) is 9.79 Å². The van der Waals surface area contributed by atoms with Crippen molar-refractivity contribution in [2.24, 2.45) is 16.6 Å². The summed E-state index contributed by atoms with van der Waals surface area (Å²) in [5.74, 6) is 1.36. The number of rotatable bonds is 5. The molecule has 24 heavy (non-hydrogen) atoms. The van der Waals surface area contributed by atoms with Crippen LogP contribution >= 0.6 is 0 Å². The molecular formula is C18H21N5O. The third-order valence-corrected chi connectivity index (χ3v) is 3.95. The van der Waals surface area contributed by atoms with Gasteiger partial charge in [-0.25, -0.2) is 4.98 Å². The fraction of sp³-hybridized carbons (Fsp3) is 0.278. The highest BCUT2D eigenvalue weighted by Crippen LogP contribution is 2.20. The lowest BCUT2D eigenvalue weighted by atomic mass is 10.1. The van der Waals surface area contributed by atoms with Crippen LogP contribution in [0, 0.1) is 5.92 Å². The van der Waals surface area contributed by atoms with E-state index in [1.165, 1.54) is 0 Å². The highest BCUT2D eigenvalue weighted by molar-refractivity contribution is 5.91. The molecule has 1 atom stereocenters. The number of aromatic nitrogens is 1. The number of anilines is 1. The van der Waals surface area contributed by atoms with Crippen LogP contribution in [0.2, 0.25) is 0 Å². The lowest BCUT2D eigenvalue weighted by molar-refractivity contribution is -0.128. The molecule has 0 aliphatic carbocycles. The van der Waals surface area contributed by atoms with E-state index in [-0.39, 0.29) is 11.8 Å². The van der Waals surface area contributed by atoms with Crippen molar-refractivity contribution in [2.45, 2.75) is 13.0 Å². The molecule has 3 rings (SSSR count). The van der Waals surface area contributed by atoms with E-state index >= 15 is 0 Å². The highest BCUT2D eigenvalue weighted by Gasteiger charge is 2.29. The Hall–Kier alpha value is -2.89. The van der Waals surface area contributed by atoms with Gasteiger partial charge in [-0.2, -0.15) is 0 Å². The number of benzene rings is 1. The molecular weight excluding hydrogens is 302 g/mol. The second kappa shape index (κ2) is 7.59. The maximum absolute atomic E-state index is 12.1. The van der Waals surface area contributed by atoms with Crippen molar-refractivity contribution in [1.29, 1.82) is 0 Å². The van der Waals surface area contributed by atoms with E-state index in [1.54, 1.807) is 6.20 Å². The average molecular weight is 323 g/mol. The van der Waals surface area contributed by atoms with Gasteiger partial charge in [-0.05, 0) is 17.7 Å². The van der Waals surface area contributed by atoms with Gasteiger partial charge in [0.2, 0.25) is 5.91 Å². The number of nitrogens with one attached hydrogen (secondary N) is 1. The highest BCUT2D eigenvalue weighted by atomic mass is 16.2. The summed E-state index contributed by atoms with van der Waals surface area (Å²) in [7, 11) is 0. The number of carbonyl (C=O) groups is 1. The van der Waals surface area contributed by atoms with E-state index in [4.69, 9.17) is 5.73 Å². The zero-order chi connectivity index (χ0) is 16.8. The van der Waals surface area contributed by atoms with Gasteiger partial charge in [0, 0.05) is 38.2 Å². The van der Waals surface area contributed by atoms with Crippen molar-refractivity contribution in [2.75, 3.05) is 18.4 Å². The van der Waals surface area contributed by atoms with Gasteiger partial charge < -0.3 is 16.0 Å². The third kappa shape index (κ3) is 4.32. The minimum absolute atomic E-state index is 0.176. The van der Waals surface area contributed by atoms with Gasteiger partial charge in [0.15, 0.2) is 5.96 Å². The van der Waals surface area contributed by atoms with Gasteiger partial charge in [-0.1, -0.05) is 36.4 Å². The predicted octanol–water partition coefficient (Wildman–Crippen LogP) is 1.86. The van der Waals surface area contributed by atoms with E-state index in [2.05, 4.69) is 15.3 Å². The lowest BCUT2D eigenvalue weighted by Gasteiger charge is -2.16. The number of hydrogen-bond acceptors (Lipinski definition) is 3. The van der Waals surface area contributed by atoms with Crippen LogP contribution in [0.15, 0.2) is 59.7 Å². The number of guanidine groups is 1. The van der Waals surface area contributed by atoms with E-state index in [9.17, 15) is 4.79 Å². The van der Waals surface area contributed by atoms with E-state index < -0.39 is 0 Å². The number of nitrogens with zero attached hydrogens (tertiary/aromatic N) is 3. The Bertz CT molecular complexity index is 702. The Morgan fingerprint density at radius 2 is 2.04 bits per heavy atom.